The van der Waals surface area contributed by atoms with Gasteiger partial charge in [-0.1, -0.05) is 23.4 Å². The molecule has 27 heavy (non-hydrogen) atoms. The Bertz CT molecular complexity index is 1180. The maximum absolute atomic E-state index is 9.07. The van der Waals surface area contributed by atoms with Crippen LogP contribution in [0, 0.1) is 13.8 Å². The van der Waals surface area contributed by atoms with Crippen LogP contribution < -0.4 is 0 Å². The molecule has 0 fully saturated rings. The molecule has 0 saturated heterocycles. The van der Waals surface area contributed by atoms with E-state index in [2.05, 4.69) is 26.3 Å². The highest BCUT2D eigenvalue weighted by Gasteiger charge is 2.11. The third-order valence-corrected chi connectivity index (χ3v) is 4.45. The Labute approximate surface area is 156 Å². The van der Waals surface area contributed by atoms with Crippen LogP contribution in [0.15, 0.2) is 59.9 Å². The summed E-state index contributed by atoms with van der Waals surface area (Å²) in [5.41, 5.74) is 5.87. The Morgan fingerprint density at radius 1 is 1.04 bits per heavy atom. The zero-order valence-corrected chi connectivity index (χ0v) is 15.4. The summed E-state index contributed by atoms with van der Waals surface area (Å²) in [7, 11) is 0. The number of aryl methyl sites for hydroxylation is 2. The molecule has 134 valence electrons. The number of oxime groups is 1. The fraction of sp³-hybridized carbons (Fsp3) is 0.143. The van der Waals surface area contributed by atoms with Crippen LogP contribution in [0.2, 0.25) is 0 Å². The van der Waals surface area contributed by atoms with Crippen LogP contribution in [-0.4, -0.2) is 30.7 Å². The van der Waals surface area contributed by atoms with E-state index in [1.807, 2.05) is 67.2 Å². The summed E-state index contributed by atoms with van der Waals surface area (Å²) >= 11 is 0. The van der Waals surface area contributed by atoms with Gasteiger partial charge in [0, 0.05) is 16.6 Å². The molecular formula is C21H19N5O. The number of aromatic nitrogens is 4. The van der Waals surface area contributed by atoms with Gasteiger partial charge >= 0.3 is 0 Å². The van der Waals surface area contributed by atoms with Crippen molar-refractivity contribution in [3.8, 4) is 17.1 Å². The molecule has 3 heterocycles. The van der Waals surface area contributed by atoms with Gasteiger partial charge in [-0.3, -0.25) is 0 Å². The summed E-state index contributed by atoms with van der Waals surface area (Å²) < 4.78 is 1.84. The molecule has 6 heteroatoms. The third-order valence-electron chi connectivity index (χ3n) is 4.45. The lowest BCUT2D eigenvalue weighted by Crippen LogP contribution is -2.02. The number of fused-ring (bicyclic) bond motifs is 1. The smallest absolute Gasteiger partial charge is 0.154 e. The van der Waals surface area contributed by atoms with Crippen molar-refractivity contribution in [2.45, 2.75) is 20.8 Å². The molecule has 3 aromatic heterocycles. The van der Waals surface area contributed by atoms with Gasteiger partial charge in [0.2, 0.25) is 0 Å². The van der Waals surface area contributed by atoms with Crippen LogP contribution in [0.4, 0.5) is 0 Å². The van der Waals surface area contributed by atoms with Gasteiger partial charge in [-0.2, -0.15) is 5.10 Å². The number of nitrogens with zero attached hydrogens (tertiary/aromatic N) is 5. The van der Waals surface area contributed by atoms with Crippen molar-refractivity contribution < 1.29 is 5.21 Å². The van der Waals surface area contributed by atoms with Crippen LogP contribution >= 0.6 is 0 Å². The monoisotopic (exact) mass is 357 g/mol. The maximum atomic E-state index is 9.07. The van der Waals surface area contributed by atoms with Gasteiger partial charge in [0.1, 0.15) is 5.71 Å². The standard InChI is InChI=1S/C21H19N5O/c1-13-9-18(15(3)25-27)24-19(10-13)16-7-8-17-12-22-26(20(17)11-16)21-6-4-5-14(2)23-21/h4-12,27H,1-3H3/b25-15-. The zero-order chi connectivity index (χ0) is 19.0. The maximum Gasteiger partial charge on any atom is 0.154 e. The van der Waals surface area contributed by atoms with Crippen LogP contribution in [0.5, 0.6) is 0 Å². The number of benzene rings is 1. The molecule has 1 N–H and O–H groups in total. The second-order valence-corrected chi connectivity index (χ2v) is 6.57. The fourth-order valence-electron chi connectivity index (χ4n) is 3.06. The molecule has 4 aromatic rings. The topological polar surface area (TPSA) is 76.2 Å². The first-order chi connectivity index (χ1) is 13.0. The van der Waals surface area contributed by atoms with Crippen molar-refractivity contribution in [3.63, 3.8) is 0 Å². The van der Waals surface area contributed by atoms with Gasteiger partial charge < -0.3 is 5.21 Å². The highest BCUT2D eigenvalue weighted by Crippen LogP contribution is 2.26. The molecule has 1 aromatic carbocycles. The Morgan fingerprint density at radius 3 is 2.67 bits per heavy atom. The van der Waals surface area contributed by atoms with Crippen molar-refractivity contribution in [2.24, 2.45) is 5.16 Å². The van der Waals surface area contributed by atoms with Gasteiger partial charge in [0.15, 0.2) is 5.82 Å². The number of hydrogen-bond donors (Lipinski definition) is 1. The van der Waals surface area contributed by atoms with E-state index in [0.29, 0.717) is 11.4 Å². The lowest BCUT2D eigenvalue weighted by atomic mass is 10.1. The summed E-state index contributed by atoms with van der Waals surface area (Å²) in [6.45, 7) is 5.69. The van der Waals surface area contributed by atoms with E-state index in [-0.39, 0.29) is 0 Å². The first-order valence-electron chi connectivity index (χ1n) is 8.65. The predicted molar refractivity (Wildman–Crippen MR) is 106 cm³/mol. The molecule has 0 aliphatic rings. The Hall–Kier alpha value is -3.54. The van der Waals surface area contributed by atoms with Gasteiger partial charge in [0.05, 0.1) is 23.1 Å². The van der Waals surface area contributed by atoms with E-state index in [9.17, 15) is 0 Å². The minimum Gasteiger partial charge on any atom is -0.411 e. The zero-order valence-electron chi connectivity index (χ0n) is 15.4. The van der Waals surface area contributed by atoms with E-state index < -0.39 is 0 Å². The summed E-state index contributed by atoms with van der Waals surface area (Å²) in [5, 5.41) is 17.9. The predicted octanol–water partition coefficient (Wildman–Crippen LogP) is 4.30. The van der Waals surface area contributed by atoms with E-state index in [1.165, 1.54) is 0 Å². The highest BCUT2D eigenvalue weighted by atomic mass is 16.4. The van der Waals surface area contributed by atoms with Gasteiger partial charge in [-0.05, 0) is 56.7 Å². The molecule has 0 atom stereocenters. The van der Waals surface area contributed by atoms with Crippen molar-refractivity contribution >= 4 is 16.6 Å². The third kappa shape index (κ3) is 3.17. The van der Waals surface area contributed by atoms with E-state index in [0.717, 1.165) is 39.2 Å². The second-order valence-electron chi connectivity index (χ2n) is 6.57. The molecule has 0 unspecified atom stereocenters. The van der Waals surface area contributed by atoms with Crippen LogP contribution in [0.3, 0.4) is 0 Å². The van der Waals surface area contributed by atoms with Crippen LogP contribution in [0.25, 0.3) is 28.0 Å². The van der Waals surface area contributed by atoms with Crippen molar-refractivity contribution in [3.05, 3.63) is 71.7 Å². The Balaban J connectivity index is 1.87. The second kappa shape index (κ2) is 6.64. The lowest BCUT2D eigenvalue weighted by Gasteiger charge is -2.08. The molecule has 0 aliphatic heterocycles. The van der Waals surface area contributed by atoms with Gasteiger partial charge in [-0.15, -0.1) is 0 Å². The summed E-state index contributed by atoms with van der Waals surface area (Å²) in [6.07, 6.45) is 1.83. The molecule has 0 spiro atoms. The van der Waals surface area contributed by atoms with Crippen molar-refractivity contribution in [1.82, 2.24) is 19.7 Å². The minimum atomic E-state index is 0.482. The SMILES string of the molecule is C/C(=N/O)c1cc(C)cc(-c2ccc3cnn(-c4cccc(C)n4)c3c2)n1. The quantitative estimate of drug-likeness (QED) is 0.337. The van der Waals surface area contributed by atoms with Crippen molar-refractivity contribution in [2.75, 3.05) is 0 Å². The van der Waals surface area contributed by atoms with Crippen molar-refractivity contribution in [1.29, 1.82) is 0 Å². The Kier molecular flexibility index (Phi) is 4.16. The summed E-state index contributed by atoms with van der Waals surface area (Å²) in [4.78, 5) is 9.22. The molecule has 0 aliphatic carbocycles. The van der Waals surface area contributed by atoms with Crippen LogP contribution in [-0.2, 0) is 0 Å². The first kappa shape index (κ1) is 16.9. The average Bonchev–Trinajstić information content (AvgIpc) is 3.10. The molecule has 4 rings (SSSR count). The number of rotatable bonds is 3. The van der Waals surface area contributed by atoms with Gasteiger partial charge in [0.25, 0.3) is 0 Å². The van der Waals surface area contributed by atoms with E-state index in [4.69, 9.17) is 5.21 Å². The Morgan fingerprint density at radius 2 is 1.89 bits per heavy atom. The number of hydrogen-bond acceptors (Lipinski definition) is 5. The highest BCUT2D eigenvalue weighted by molar-refractivity contribution is 5.97. The first-order valence-corrected chi connectivity index (χ1v) is 8.65. The lowest BCUT2D eigenvalue weighted by molar-refractivity contribution is 0.319. The van der Waals surface area contributed by atoms with Crippen LogP contribution in [0.1, 0.15) is 23.9 Å². The molecule has 6 nitrogen and oxygen atoms in total. The van der Waals surface area contributed by atoms with E-state index >= 15 is 0 Å². The van der Waals surface area contributed by atoms with E-state index in [1.54, 1.807) is 6.92 Å². The average molecular weight is 357 g/mol. The minimum absolute atomic E-state index is 0.482. The molecular weight excluding hydrogens is 338 g/mol. The number of pyridine rings is 2. The summed E-state index contributed by atoms with van der Waals surface area (Å²) in [5.74, 6) is 0.781. The summed E-state index contributed by atoms with van der Waals surface area (Å²) in [6, 6.07) is 15.9. The van der Waals surface area contributed by atoms with Gasteiger partial charge in [-0.25, -0.2) is 14.6 Å². The largest absolute Gasteiger partial charge is 0.411 e. The molecule has 0 amide bonds. The molecule has 0 saturated carbocycles. The fourth-order valence-corrected chi connectivity index (χ4v) is 3.06. The molecule has 0 radical (unpaired) electrons. The molecule has 0 bridgehead atoms. The normalized spacial score (nSPS) is 11.9.